The van der Waals surface area contributed by atoms with Gasteiger partial charge in [0.15, 0.2) is 0 Å². The molecule has 0 amide bonds. The van der Waals surface area contributed by atoms with Crippen molar-refractivity contribution in [3.63, 3.8) is 0 Å². The van der Waals surface area contributed by atoms with Crippen LogP contribution in [0, 0.1) is 6.92 Å². The monoisotopic (exact) mass is 191 g/mol. The first kappa shape index (κ1) is 9.53. The van der Waals surface area contributed by atoms with Crippen LogP contribution in [-0.4, -0.2) is 19.2 Å². The minimum atomic E-state index is -0.0646. The van der Waals surface area contributed by atoms with Gasteiger partial charge in [-0.3, -0.25) is 0 Å². The molecule has 14 heavy (non-hydrogen) atoms. The third-order valence-electron chi connectivity index (χ3n) is 2.69. The van der Waals surface area contributed by atoms with Crippen molar-refractivity contribution < 1.29 is 4.74 Å². The van der Waals surface area contributed by atoms with E-state index in [2.05, 4.69) is 37.4 Å². The SMILES string of the molecule is CNCC1(C)Cc2ccc(C)cc2O1. The number of hydrogen-bond donors (Lipinski definition) is 1. The Kier molecular flexibility index (Phi) is 2.23. The van der Waals surface area contributed by atoms with E-state index >= 15 is 0 Å². The van der Waals surface area contributed by atoms with Crippen molar-refractivity contribution in [2.45, 2.75) is 25.9 Å². The normalized spacial score (nSPS) is 24.5. The van der Waals surface area contributed by atoms with Crippen molar-refractivity contribution in [2.75, 3.05) is 13.6 Å². The summed E-state index contributed by atoms with van der Waals surface area (Å²) in [6, 6.07) is 6.44. The van der Waals surface area contributed by atoms with Gasteiger partial charge in [0.1, 0.15) is 11.4 Å². The number of ether oxygens (including phenoxy) is 1. The molecule has 1 aliphatic rings. The van der Waals surface area contributed by atoms with Crippen LogP contribution in [0.1, 0.15) is 18.1 Å². The van der Waals surface area contributed by atoms with Gasteiger partial charge in [0, 0.05) is 13.0 Å². The van der Waals surface area contributed by atoms with E-state index in [1.54, 1.807) is 0 Å². The van der Waals surface area contributed by atoms with Crippen LogP contribution in [0.2, 0.25) is 0 Å². The number of fused-ring (bicyclic) bond motifs is 1. The zero-order chi connectivity index (χ0) is 10.2. The topological polar surface area (TPSA) is 21.3 Å². The Bertz CT molecular complexity index is 348. The molecule has 2 heteroatoms. The predicted molar refractivity (Wildman–Crippen MR) is 57.8 cm³/mol. The molecule has 2 nitrogen and oxygen atoms in total. The van der Waals surface area contributed by atoms with Crippen LogP contribution >= 0.6 is 0 Å². The highest BCUT2D eigenvalue weighted by Crippen LogP contribution is 2.35. The molecule has 0 radical (unpaired) electrons. The van der Waals surface area contributed by atoms with Gasteiger partial charge in [-0.25, -0.2) is 0 Å². The Morgan fingerprint density at radius 2 is 2.29 bits per heavy atom. The van der Waals surface area contributed by atoms with E-state index in [0.717, 1.165) is 18.7 Å². The lowest BCUT2D eigenvalue weighted by Gasteiger charge is -2.23. The molecule has 0 saturated heterocycles. The van der Waals surface area contributed by atoms with Gasteiger partial charge in [-0.05, 0) is 38.1 Å². The van der Waals surface area contributed by atoms with Crippen molar-refractivity contribution in [1.82, 2.24) is 5.32 Å². The fraction of sp³-hybridized carbons (Fsp3) is 0.500. The van der Waals surface area contributed by atoms with Crippen LogP contribution in [0.15, 0.2) is 18.2 Å². The summed E-state index contributed by atoms with van der Waals surface area (Å²) in [7, 11) is 1.96. The molecule has 1 unspecified atom stereocenters. The fourth-order valence-corrected chi connectivity index (χ4v) is 2.08. The van der Waals surface area contributed by atoms with Gasteiger partial charge in [0.25, 0.3) is 0 Å². The second-order valence-corrected chi connectivity index (χ2v) is 4.37. The molecule has 76 valence electrons. The van der Waals surface area contributed by atoms with Gasteiger partial charge in [-0.1, -0.05) is 12.1 Å². The Balaban J connectivity index is 2.25. The lowest BCUT2D eigenvalue weighted by Crippen LogP contribution is -2.40. The van der Waals surface area contributed by atoms with E-state index in [4.69, 9.17) is 4.74 Å². The Morgan fingerprint density at radius 1 is 1.50 bits per heavy atom. The third-order valence-corrected chi connectivity index (χ3v) is 2.69. The van der Waals surface area contributed by atoms with E-state index in [0.29, 0.717) is 0 Å². The van der Waals surface area contributed by atoms with Crippen molar-refractivity contribution in [3.05, 3.63) is 29.3 Å². The summed E-state index contributed by atoms with van der Waals surface area (Å²) in [6.07, 6.45) is 1.00. The van der Waals surface area contributed by atoms with Gasteiger partial charge in [0.05, 0.1) is 0 Å². The molecule has 1 heterocycles. The molecule has 1 aromatic carbocycles. The number of hydrogen-bond acceptors (Lipinski definition) is 2. The number of benzene rings is 1. The Morgan fingerprint density at radius 3 is 3.00 bits per heavy atom. The summed E-state index contributed by atoms with van der Waals surface area (Å²) in [6.45, 7) is 5.14. The maximum Gasteiger partial charge on any atom is 0.123 e. The summed E-state index contributed by atoms with van der Waals surface area (Å²) in [4.78, 5) is 0. The molecule has 1 aliphatic heterocycles. The Labute approximate surface area is 85.3 Å². The lowest BCUT2D eigenvalue weighted by atomic mass is 9.99. The van der Waals surface area contributed by atoms with Crippen molar-refractivity contribution in [2.24, 2.45) is 0 Å². The van der Waals surface area contributed by atoms with E-state index in [9.17, 15) is 0 Å². The molecule has 0 bridgehead atoms. The van der Waals surface area contributed by atoms with E-state index < -0.39 is 0 Å². The minimum Gasteiger partial charge on any atom is -0.486 e. The van der Waals surface area contributed by atoms with Gasteiger partial charge < -0.3 is 10.1 Å². The van der Waals surface area contributed by atoms with E-state index in [1.807, 2.05) is 7.05 Å². The predicted octanol–water partition coefficient (Wildman–Crippen LogP) is 1.91. The number of likely N-dealkylation sites (N-methyl/N-ethyl adjacent to an activating group) is 1. The standard InChI is InChI=1S/C12H17NO/c1-9-4-5-10-7-12(2,8-13-3)14-11(10)6-9/h4-6,13H,7-8H2,1-3H3. The van der Waals surface area contributed by atoms with Crippen LogP contribution in [0.4, 0.5) is 0 Å². The molecule has 1 N–H and O–H groups in total. The maximum absolute atomic E-state index is 5.95. The van der Waals surface area contributed by atoms with Crippen LogP contribution < -0.4 is 10.1 Å². The highest BCUT2D eigenvalue weighted by Gasteiger charge is 2.33. The minimum absolute atomic E-state index is 0.0646. The van der Waals surface area contributed by atoms with Crippen LogP contribution in [0.3, 0.4) is 0 Å². The summed E-state index contributed by atoms with van der Waals surface area (Å²) in [5.41, 5.74) is 2.52. The number of aryl methyl sites for hydroxylation is 1. The van der Waals surface area contributed by atoms with Gasteiger partial charge in [-0.15, -0.1) is 0 Å². The quantitative estimate of drug-likeness (QED) is 0.771. The molecular formula is C12H17NO. The smallest absolute Gasteiger partial charge is 0.123 e. The molecule has 0 fully saturated rings. The molecule has 0 saturated carbocycles. The lowest BCUT2D eigenvalue weighted by molar-refractivity contribution is 0.117. The van der Waals surface area contributed by atoms with Crippen molar-refractivity contribution in [1.29, 1.82) is 0 Å². The Hall–Kier alpha value is -1.02. The number of rotatable bonds is 2. The number of nitrogens with one attached hydrogen (secondary N) is 1. The van der Waals surface area contributed by atoms with Crippen molar-refractivity contribution >= 4 is 0 Å². The summed E-state index contributed by atoms with van der Waals surface area (Å²) >= 11 is 0. The zero-order valence-electron chi connectivity index (χ0n) is 9.05. The van der Waals surface area contributed by atoms with E-state index in [-0.39, 0.29) is 5.60 Å². The molecule has 1 aromatic rings. The molecular weight excluding hydrogens is 174 g/mol. The second kappa shape index (κ2) is 3.28. The average molecular weight is 191 g/mol. The van der Waals surface area contributed by atoms with Gasteiger partial charge in [0.2, 0.25) is 0 Å². The largest absolute Gasteiger partial charge is 0.486 e. The van der Waals surface area contributed by atoms with Crippen LogP contribution in [0.25, 0.3) is 0 Å². The molecule has 2 rings (SSSR count). The summed E-state index contributed by atoms with van der Waals surface area (Å²) in [5, 5.41) is 3.17. The van der Waals surface area contributed by atoms with Crippen molar-refractivity contribution in [3.8, 4) is 5.75 Å². The van der Waals surface area contributed by atoms with Crippen LogP contribution in [-0.2, 0) is 6.42 Å². The van der Waals surface area contributed by atoms with Gasteiger partial charge in [-0.2, -0.15) is 0 Å². The molecule has 0 aromatic heterocycles. The van der Waals surface area contributed by atoms with Gasteiger partial charge >= 0.3 is 0 Å². The average Bonchev–Trinajstić information content (AvgIpc) is 2.40. The fourth-order valence-electron chi connectivity index (χ4n) is 2.08. The first-order chi connectivity index (χ1) is 6.63. The summed E-state index contributed by atoms with van der Waals surface area (Å²) in [5.74, 6) is 1.06. The summed E-state index contributed by atoms with van der Waals surface area (Å²) < 4.78 is 5.95. The highest BCUT2D eigenvalue weighted by atomic mass is 16.5. The highest BCUT2D eigenvalue weighted by molar-refractivity contribution is 5.41. The van der Waals surface area contributed by atoms with E-state index in [1.165, 1.54) is 11.1 Å². The second-order valence-electron chi connectivity index (χ2n) is 4.37. The maximum atomic E-state index is 5.95. The van der Waals surface area contributed by atoms with Crippen LogP contribution in [0.5, 0.6) is 5.75 Å². The molecule has 1 atom stereocenters. The zero-order valence-corrected chi connectivity index (χ0v) is 9.05. The molecule has 0 aliphatic carbocycles. The first-order valence-corrected chi connectivity index (χ1v) is 5.06. The third kappa shape index (κ3) is 1.62. The molecule has 0 spiro atoms. The first-order valence-electron chi connectivity index (χ1n) is 5.06.